The fourth-order valence-electron chi connectivity index (χ4n) is 0.759. The maximum atomic E-state index is 2.33. The first-order valence-electron chi connectivity index (χ1n) is 2.98. The Labute approximate surface area is 74.4 Å². The number of hydrogen-bond donors (Lipinski definition) is 0. The highest BCUT2D eigenvalue weighted by atomic mass is 127. The number of thioether (sulfide) groups is 1. The van der Waals surface area contributed by atoms with Crippen molar-refractivity contribution in [2.45, 2.75) is 19.2 Å². The van der Waals surface area contributed by atoms with Crippen LogP contribution in [0.3, 0.4) is 0 Å². The lowest BCUT2D eigenvalue weighted by Gasteiger charge is -2.20. The second-order valence-corrected chi connectivity index (χ2v) is 4.54. The van der Waals surface area contributed by atoms with Crippen LogP contribution >= 0.6 is 34.6 Å². The van der Waals surface area contributed by atoms with E-state index in [0.717, 1.165) is 5.92 Å². The minimum Gasteiger partial charge on any atom is -0.308 e. The smallest absolute Gasteiger partial charge is 0.0902 e. The quantitative estimate of drug-likeness (QED) is 0.523. The van der Waals surface area contributed by atoms with Gasteiger partial charge in [0.2, 0.25) is 0 Å². The molecule has 1 atom stereocenters. The monoisotopic (exact) mass is 255 g/mol. The molecule has 9 heavy (non-hydrogen) atoms. The summed E-state index contributed by atoms with van der Waals surface area (Å²) in [5.74, 6) is 0.738. The average Bonchev–Trinajstić information content (AvgIpc) is 2.13. The molecule has 1 aliphatic rings. The number of hydrogen-bond acceptors (Lipinski definition) is 2. The van der Waals surface area contributed by atoms with E-state index in [4.69, 9.17) is 0 Å². The fourth-order valence-corrected chi connectivity index (χ4v) is 3.04. The third-order valence-corrected chi connectivity index (χ3v) is 3.86. The second kappa shape index (κ2) is 3.14. The van der Waals surface area contributed by atoms with Crippen LogP contribution in [0.2, 0.25) is 0 Å². The summed E-state index contributed by atoms with van der Waals surface area (Å²) in [5, 5.41) is 2.81. The summed E-state index contributed by atoms with van der Waals surface area (Å²) in [6.07, 6.45) is 2.12. The molecule has 1 nitrogen and oxygen atoms in total. The Bertz CT molecular complexity index is 124. The van der Waals surface area contributed by atoms with E-state index in [9.17, 15) is 0 Å². The van der Waals surface area contributed by atoms with Crippen molar-refractivity contribution in [2.75, 3.05) is 0 Å². The normalized spacial score (nSPS) is 26.2. The molecule has 1 heterocycles. The van der Waals surface area contributed by atoms with E-state index in [1.165, 1.54) is 0 Å². The molecule has 0 aliphatic carbocycles. The van der Waals surface area contributed by atoms with E-state index in [2.05, 4.69) is 51.4 Å². The van der Waals surface area contributed by atoms with Crippen molar-refractivity contribution >= 4 is 34.6 Å². The predicted octanol–water partition coefficient (Wildman–Crippen LogP) is 2.84. The lowest BCUT2D eigenvalue weighted by molar-refractivity contribution is 0.487. The van der Waals surface area contributed by atoms with Crippen LogP contribution in [0.5, 0.6) is 0 Å². The number of rotatable bonds is 1. The molecule has 1 aliphatic heterocycles. The van der Waals surface area contributed by atoms with Crippen molar-refractivity contribution in [3.05, 3.63) is 11.6 Å². The van der Waals surface area contributed by atoms with Gasteiger partial charge in [-0.2, -0.15) is 0 Å². The zero-order valence-electron chi connectivity index (χ0n) is 5.54. The Balaban J connectivity index is 2.45. The largest absolute Gasteiger partial charge is 0.308 e. The standard InChI is InChI=1S/C6H10INS/c1-5(2)6-8(7)3-4-9-6/h3-6H,1-2H3. The summed E-state index contributed by atoms with van der Waals surface area (Å²) in [7, 11) is 0. The van der Waals surface area contributed by atoms with Crippen LogP contribution < -0.4 is 0 Å². The lowest BCUT2D eigenvalue weighted by atomic mass is 10.2. The van der Waals surface area contributed by atoms with Crippen molar-refractivity contribution in [1.29, 1.82) is 0 Å². The Morgan fingerprint density at radius 1 is 1.67 bits per heavy atom. The van der Waals surface area contributed by atoms with Gasteiger partial charge in [0, 0.05) is 6.20 Å². The first-order valence-corrected chi connectivity index (χ1v) is 4.89. The zero-order chi connectivity index (χ0) is 6.85. The van der Waals surface area contributed by atoms with Crippen molar-refractivity contribution < 1.29 is 0 Å². The Kier molecular flexibility index (Phi) is 2.70. The fraction of sp³-hybridized carbons (Fsp3) is 0.667. The van der Waals surface area contributed by atoms with E-state index >= 15 is 0 Å². The summed E-state index contributed by atoms with van der Waals surface area (Å²) in [6.45, 7) is 4.49. The molecule has 0 saturated heterocycles. The van der Waals surface area contributed by atoms with Gasteiger partial charge in [-0.3, -0.25) is 0 Å². The zero-order valence-corrected chi connectivity index (χ0v) is 8.52. The molecule has 0 aromatic rings. The molecule has 0 saturated carbocycles. The van der Waals surface area contributed by atoms with Crippen LogP contribution in [0.25, 0.3) is 0 Å². The maximum Gasteiger partial charge on any atom is 0.0902 e. The summed E-state index contributed by atoms with van der Waals surface area (Å²) in [5.41, 5.74) is 0. The molecule has 0 amide bonds. The van der Waals surface area contributed by atoms with Gasteiger partial charge in [-0.05, 0) is 11.3 Å². The van der Waals surface area contributed by atoms with E-state index < -0.39 is 0 Å². The van der Waals surface area contributed by atoms with E-state index in [1.807, 2.05) is 11.8 Å². The topological polar surface area (TPSA) is 3.24 Å². The minimum absolute atomic E-state index is 0.658. The van der Waals surface area contributed by atoms with Crippen molar-refractivity contribution in [3.8, 4) is 0 Å². The molecule has 0 radical (unpaired) electrons. The van der Waals surface area contributed by atoms with E-state index in [-0.39, 0.29) is 0 Å². The van der Waals surface area contributed by atoms with Crippen molar-refractivity contribution in [3.63, 3.8) is 0 Å². The summed E-state index contributed by atoms with van der Waals surface area (Å²) >= 11 is 4.23. The predicted molar refractivity (Wildman–Crippen MR) is 51.2 cm³/mol. The lowest BCUT2D eigenvalue weighted by Crippen LogP contribution is -2.19. The van der Waals surface area contributed by atoms with Crippen LogP contribution in [0.4, 0.5) is 0 Å². The molecule has 0 aromatic carbocycles. The number of nitrogens with zero attached hydrogens (tertiary/aromatic N) is 1. The highest BCUT2D eigenvalue weighted by Crippen LogP contribution is 2.32. The number of halogens is 1. The Hall–Kier alpha value is 0.620. The highest BCUT2D eigenvalue weighted by Gasteiger charge is 2.20. The summed E-state index contributed by atoms with van der Waals surface area (Å²) < 4.78 is 2.23. The van der Waals surface area contributed by atoms with Gasteiger partial charge >= 0.3 is 0 Å². The van der Waals surface area contributed by atoms with Crippen molar-refractivity contribution in [1.82, 2.24) is 3.11 Å². The Morgan fingerprint density at radius 3 is 2.56 bits per heavy atom. The Morgan fingerprint density at radius 2 is 2.33 bits per heavy atom. The maximum absolute atomic E-state index is 2.33. The van der Waals surface area contributed by atoms with Crippen LogP contribution in [-0.4, -0.2) is 8.49 Å². The molecule has 0 N–H and O–H groups in total. The van der Waals surface area contributed by atoms with Gasteiger partial charge in [0.1, 0.15) is 0 Å². The van der Waals surface area contributed by atoms with Gasteiger partial charge in [0.15, 0.2) is 0 Å². The third kappa shape index (κ3) is 1.77. The molecule has 1 unspecified atom stereocenters. The van der Waals surface area contributed by atoms with Crippen LogP contribution in [0.15, 0.2) is 11.6 Å². The van der Waals surface area contributed by atoms with Gasteiger partial charge in [-0.15, -0.1) is 11.8 Å². The molecule has 0 fully saturated rings. The molecule has 0 spiro atoms. The third-order valence-electron chi connectivity index (χ3n) is 1.23. The minimum atomic E-state index is 0.658. The highest BCUT2D eigenvalue weighted by molar-refractivity contribution is 14.1. The van der Waals surface area contributed by atoms with Crippen LogP contribution in [0, 0.1) is 5.92 Å². The van der Waals surface area contributed by atoms with Gasteiger partial charge in [-0.25, -0.2) is 0 Å². The first kappa shape index (κ1) is 7.72. The molecule has 3 heteroatoms. The van der Waals surface area contributed by atoms with Gasteiger partial charge in [0.25, 0.3) is 0 Å². The van der Waals surface area contributed by atoms with Gasteiger partial charge in [0.05, 0.1) is 28.2 Å². The second-order valence-electron chi connectivity index (χ2n) is 2.40. The first-order chi connectivity index (χ1) is 4.22. The summed E-state index contributed by atoms with van der Waals surface area (Å²) in [6, 6.07) is 0. The SMILES string of the molecule is CC(C)C1SC=CN1I. The summed E-state index contributed by atoms with van der Waals surface area (Å²) in [4.78, 5) is 0. The van der Waals surface area contributed by atoms with Gasteiger partial charge in [-0.1, -0.05) is 13.8 Å². The molecular formula is C6H10INS. The molecular weight excluding hydrogens is 245 g/mol. The molecule has 1 rings (SSSR count). The molecule has 0 aromatic heterocycles. The van der Waals surface area contributed by atoms with Crippen molar-refractivity contribution in [2.24, 2.45) is 5.92 Å². The van der Waals surface area contributed by atoms with E-state index in [0.29, 0.717) is 5.37 Å². The van der Waals surface area contributed by atoms with Gasteiger partial charge < -0.3 is 3.11 Å². The molecule has 0 bridgehead atoms. The van der Waals surface area contributed by atoms with E-state index in [1.54, 1.807) is 0 Å². The van der Waals surface area contributed by atoms with Crippen LogP contribution in [0.1, 0.15) is 13.8 Å². The average molecular weight is 255 g/mol. The molecule has 52 valence electrons. The van der Waals surface area contributed by atoms with Crippen LogP contribution in [-0.2, 0) is 0 Å².